The number of aromatic nitrogens is 3. The lowest BCUT2D eigenvalue weighted by Gasteiger charge is -2.10. The zero-order chi connectivity index (χ0) is 22.9. The molecular weight excluding hydrogens is 468 g/mol. The van der Waals surface area contributed by atoms with Crippen LogP contribution in [0.2, 0.25) is 5.02 Å². The Labute approximate surface area is 177 Å². The highest BCUT2D eigenvalue weighted by molar-refractivity contribution is 7.90. The van der Waals surface area contributed by atoms with Crippen LogP contribution in [0.3, 0.4) is 0 Å². The van der Waals surface area contributed by atoms with Gasteiger partial charge in [0.05, 0.1) is 16.4 Å². The van der Waals surface area contributed by atoms with Crippen LogP contribution in [0.25, 0.3) is 5.69 Å². The summed E-state index contributed by atoms with van der Waals surface area (Å²) in [6, 6.07) is 5.25. The van der Waals surface area contributed by atoms with Gasteiger partial charge in [-0.15, -0.1) is 5.10 Å². The maximum Gasteiger partial charge on any atom is 0.387 e. The average molecular weight is 479 g/mol. The molecule has 1 aromatic heterocycles. The monoisotopic (exact) mass is 478 g/mol. The molecule has 0 bridgehead atoms. The van der Waals surface area contributed by atoms with Gasteiger partial charge in [0, 0.05) is 6.07 Å². The van der Waals surface area contributed by atoms with Gasteiger partial charge in [0.25, 0.3) is 15.9 Å². The molecular formula is C17H11ClF4N4O4S. The van der Waals surface area contributed by atoms with Gasteiger partial charge >= 0.3 is 6.61 Å². The summed E-state index contributed by atoms with van der Waals surface area (Å²) in [5, 5.41) is 7.20. The molecule has 8 nitrogen and oxygen atoms in total. The fourth-order valence-electron chi connectivity index (χ4n) is 2.51. The van der Waals surface area contributed by atoms with E-state index in [-0.39, 0.29) is 22.2 Å². The van der Waals surface area contributed by atoms with Crippen LogP contribution in [-0.2, 0) is 10.0 Å². The molecule has 164 valence electrons. The molecule has 2 aromatic carbocycles. The van der Waals surface area contributed by atoms with Gasteiger partial charge in [0.1, 0.15) is 22.3 Å². The number of carbonyl (C=O) groups excluding carboxylic acids is 1. The normalized spacial score (nSPS) is 11.6. The number of alkyl halides is 2. The number of carbonyl (C=O) groups is 1. The molecule has 1 heterocycles. The number of sulfonamides is 1. The van der Waals surface area contributed by atoms with Gasteiger partial charge in [-0.3, -0.25) is 4.79 Å². The fourth-order valence-corrected chi connectivity index (χ4v) is 3.81. The van der Waals surface area contributed by atoms with Gasteiger partial charge in [-0.1, -0.05) is 16.8 Å². The zero-order valence-electron chi connectivity index (χ0n) is 15.3. The highest BCUT2D eigenvalue weighted by Gasteiger charge is 2.27. The summed E-state index contributed by atoms with van der Waals surface area (Å²) >= 11 is 6.04. The molecule has 14 heteroatoms. The molecule has 0 spiro atoms. The van der Waals surface area contributed by atoms with Crippen molar-refractivity contribution in [3.63, 3.8) is 0 Å². The first-order valence-corrected chi connectivity index (χ1v) is 10.0. The maximum atomic E-state index is 13.8. The Hall–Kier alpha value is -3.19. The van der Waals surface area contributed by atoms with E-state index in [1.807, 2.05) is 0 Å². The number of benzene rings is 2. The lowest BCUT2D eigenvalue weighted by Crippen LogP contribution is -2.32. The van der Waals surface area contributed by atoms with E-state index in [1.54, 1.807) is 4.72 Å². The first kappa shape index (κ1) is 22.5. The van der Waals surface area contributed by atoms with E-state index in [0.29, 0.717) is 18.2 Å². The van der Waals surface area contributed by atoms with Gasteiger partial charge in [-0.05, 0) is 37.3 Å². The van der Waals surface area contributed by atoms with Gasteiger partial charge in [0.15, 0.2) is 5.69 Å². The third-order valence-electron chi connectivity index (χ3n) is 3.89. The molecule has 0 fully saturated rings. The van der Waals surface area contributed by atoms with Crippen LogP contribution in [0.15, 0.2) is 41.3 Å². The van der Waals surface area contributed by atoms with Crippen molar-refractivity contribution in [1.82, 2.24) is 19.7 Å². The number of amides is 1. The summed E-state index contributed by atoms with van der Waals surface area (Å²) in [6.45, 7) is -1.71. The van der Waals surface area contributed by atoms with Crippen molar-refractivity contribution in [1.29, 1.82) is 0 Å². The highest BCUT2D eigenvalue weighted by atomic mass is 35.5. The second-order valence-electron chi connectivity index (χ2n) is 5.94. The summed E-state index contributed by atoms with van der Waals surface area (Å²) in [7, 11) is -4.76. The Morgan fingerprint density at radius 1 is 1.19 bits per heavy atom. The SMILES string of the molecule is Cc1c(C(=O)NS(=O)(=O)c2cc(F)ccc2F)nnn1-c1ccc(OC(F)F)cc1Cl. The van der Waals surface area contributed by atoms with Gasteiger partial charge in [-0.2, -0.15) is 8.78 Å². The Morgan fingerprint density at radius 3 is 2.55 bits per heavy atom. The molecule has 0 radical (unpaired) electrons. The second-order valence-corrected chi connectivity index (χ2v) is 7.99. The summed E-state index contributed by atoms with van der Waals surface area (Å²) in [4.78, 5) is 11.3. The van der Waals surface area contributed by atoms with Gasteiger partial charge in [0.2, 0.25) is 0 Å². The summed E-state index contributed by atoms with van der Waals surface area (Å²) in [5.74, 6) is -3.77. The molecule has 3 rings (SSSR count). The van der Waals surface area contributed by atoms with Crippen LogP contribution in [-0.4, -0.2) is 35.9 Å². The van der Waals surface area contributed by atoms with E-state index in [0.717, 1.165) is 10.7 Å². The molecule has 0 aliphatic heterocycles. The lowest BCUT2D eigenvalue weighted by molar-refractivity contribution is -0.0498. The van der Waals surface area contributed by atoms with Crippen LogP contribution >= 0.6 is 11.6 Å². The van der Waals surface area contributed by atoms with Crippen LogP contribution in [0.1, 0.15) is 16.2 Å². The highest BCUT2D eigenvalue weighted by Crippen LogP contribution is 2.27. The standard InChI is InChI=1S/C17H11ClF4N4O4S/c1-8-15(16(27)24-31(28,29)14-6-9(19)2-4-12(14)20)23-25-26(8)13-5-3-10(7-11(13)18)30-17(21)22/h2-7,17H,1H3,(H,24,27). The topological polar surface area (TPSA) is 103 Å². The molecule has 1 amide bonds. The minimum Gasteiger partial charge on any atom is -0.435 e. The van der Waals surface area contributed by atoms with Crippen LogP contribution in [0, 0.1) is 18.6 Å². The smallest absolute Gasteiger partial charge is 0.387 e. The first-order valence-electron chi connectivity index (χ1n) is 8.19. The first-order chi connectivity index (χ1) is 14.5. The number of ether oxygens (including phenoxy) is 1. The molecule has 0 aliphatic rings. The van der Waals surface area contributed by atoms with Crippen molar-refractivity contribution in [2.24, 2.45) is 0 Å². The molecule has 0 aliphatic carbocycles. The largest absolute Gasteiger partial charge is 0.435 e. The number of hydrogen-bond donors (Lipinski definition) is 1. The van der Waals surface area contributed by atoms with Crippen molar-refractivity contribution in [2.75, 3.05) is 0 Å². The molecule has 0 saturated heterocycles. The Morgan fingerprint density at radius 2 is 1.90 bits per heavy atom. The van der Waals surface area contributed by atoms with Gasteiger partial charge in [-0.25, -0.2) is 26.6 Å². The second kappa shape index (κ2) is 8.51. The number of nitrogens with one attached hydrogen (secondary N) is 1. The zero-order valence-corrected chi connectivity index (χ0v) is 16.9. The molecule has 0 atom stereocenters. The van der Waals surface area contributed by atoms with Crippen LogP contribution in [0.4, 0.5) is 17.6 Å². The maximum absolute atomic E-state index is 13.8. The minimum atomic E-state index is -4.76. The van der Waals surface area contributed by atoms with E-state index >= 15 is 0 Å². The summed E-state index contributed by atoms with van der Waals surface area (Å²) in [5.41, 5.74) is -0.299. The number of hydrogen-bond acceptors (Lipinski definition) is 6. The van der Waals surface area contributed by atoms with Crippen molar-refractivity contribution >= 4 is 27.5 Å². The van der Waals surface area contributed by atoms with E-state index in [9.17, 15) is 30.8 Å². The van der Waals surface area contributed by atoms with Crippen LogP contribution in [0.5, 0.6) is 5.75 Å². The Balaban J connectivity index is 1.89. The predicted octanol–water partition coefficient (Wildman–Crippen LogP) is 3.23. The third-order valence-corrected chi connectivity index (χ3v) is 5.54. The fraction of sp³-hybridized carbons (Fsp3) is 0.118. The third kappa shape index (κ3) is 4.77. The molecule has 1 N–H and O–H groups in total. The number of halogens is 5. The van der Waals surface area contributed by atoms with E-state index in [4.69, 9.17) is 11.6 Å². The van der Waals surface area contributed by atoms with E-state index < -0.39 is 44.8 Å². The van der Waals surface area contributed by atoms with Crippen molar-refractivity contribution < 1.29 is 35.5 Å². The molecule has 0 saturated carbocycles. The Bertz CT molecular complexity index is 1270. The lowest BCUT2D eigenvalue weighted by atomic mass is 10.2. The predicted molar refractivity (Wildman–Crippen MR) is 98.7 cm³/mol. The quantitative estimate of drug-likeness (QED) is 0.546. The number of nitrogens with zero attached hydrogens (tertiary/aromatic N) is 3. The number of rotatable bonds is 6. The van der Waals surface area contributed by atoms with Crippen LogP contribution < -0.4 is 9.46 Å². The van der Waals surface area contributed by atoms with E-state index in [2.05, 4.69) is 15.0 Å². The summed E-state index contributed by atoms with van der Waals surface area (Å²) < 4.78 is 83.1. The average Bonchev–Trinajstić information content (AvgIpc) is 3.04. The van der Waals surface area contributed by atoms with E-state index in [1.165, 1.54) is 19.1 Å². The van der Waals surface area contributed by atoms with Gasteiger partial charge < -0.3 is 4.74 Å². The van der Waals surface area contributed by atoms with Crippen molar-refractivity contribution in [2.45, 2.75) is 18.4 Å². The molecule has 31 heavy (non-hydrogen) atoms. The molecule has 3 aromatic rings. The summed E-state index contributed by atoms with van der Waals surface area (Å²) in [6.07, 6.45) is 0. The minimum absolute atomic E-state index is 0.0249. The Kier molecular flexibility index (Phi) is 6.18. The molecule has 0 unspecified atom stereocenters. The van der Waals surface area contributed by atoms with Crippen molar-refractivity contribution in [3.05, 3.63) is 64.4 Å². The van der Waals surface area contributed by atoms with Crippen molar-refractivity contribution in [3.8, 4) is 11.4 Å².